The van der Waals surface area contributed by atoms with Crippen LogP contribution in [0.2, 0.25) is 0 Å². The molecular weight excluding hydrogens is 244 g/mol. The van der Waals surface area contributed by atoms with Gasteiger partial charge in [-0.25, -0.2) is 4.98 Å². The minimum absolute atomic E-state index is 0.0223. The van der Waals surface area contributed by atoms with Gasteiger partial charge in [0.2, 0.25) is 0 Å². The molecule has 1 aliphatic heterocycles. The van der Waals surface area contributed by atoms with Crippen LogP contribution in [-0.2, 0) is 4.74 Å². The highest BCUT2D eigenvalue weighted by atomic mass is 16.5. The van der Waals surface area contributed by atoms with Gasteiger partial charge in [0.15, 0.2) is 0 Å². The lowest BCUT2D eigenvalue weighted by molar-refractivity contribution is 0.0679. The lowest BCUT2D eigenvalue weighted by Gasteiger charge is -2.22. The molecule has 2 N–H and O–H groups in total. The Morgan fingerprint density at radius 2 is 2.37 bits per heavy atom. The first-order valence-electron chi connectivity index (χ1n) is 6.26. The number of rotatable bonds is 3. The maximum absolute atomic E-state index is 12.5. The second-order valence-electron chi connectivity index (χ2n) is 4.62. The Labute approximate surface area is 110 Å². The minimum Gasteiger partial charge on any atom is -0.380 e. The second-order valence-corrected chi connectivity index (χ2v) is 4.62. The van der Waals surface area contributed by atoms with E-state index >= 15 is 0 Å². The number of carbonyl (C=O) groups is 1. The summed E-state index contributed by atoms with van der Waals surface area (Å²) in [6.45, 7) is 0.583. The van der Waals surface area contributed by atoms with E-state index in [1.165, 1.54) is 0 Å². The Balaban J connectivity index is 1.87. The van der Waals surface area contributed by atoms with Gasteiger partial charge in [-0.1, -0.05) is 0 Å². The summed E-state index contributed by atoms with van der Waals surface area (Å²) >= 11 is 0. The van der Waals surface area contributed by atoms with Gasteiger partial charge < -0.3 is 19.6 Å². The number of likely N-dealkylation sites (tertiary alicyclic amines) is 1. The number of hydrogen-bond acceptors (Lipinski definition) is 3. The number of aromatic nitrogens is 3. The minimum atomic E-state index is -0.0595. The van der Waals surface area contributed by atoms with Crippen molar-refractivity contribution < 1.29 is 9.53 Å². The fourth-order valence-corrected chi connectivity index (χ4v) is 2.53. The molecule has 100 valence electrons. The van der Waals surface area contributed by atoms with E-state index in [9.17, 15) is 4.79 Å². The number of nitrogens with one attached hydrogen (secondary N) is 2. The highest BCUT2D eigenvalue weighted by Crippen LogP contribution is 2.32. The van der Waals surface area contributed by atoms with Crippen LogP contribution in [0.5, 0.6) is 0 Å². The number of H-pyrrole nitrogens is 2. The van der Waals surface area contributed by atoms with Crippen LogP contribution in [0.3, 0.4) is 0 Å². The Hall–Kier alpha value is -2.08. The molecule has 3 heterocycles. The van der Waals surface area contributed by atoms with Crippen LogP contribution in [0.15, 0.2) is 30.7 Å². The number of carbonyl (C=O) groups excluding carboxylic acids is 1. The molecule has 0 radical (unpaired) electrons. The van der Waals surface area contributed by atoms with E-state index in [0.29, 0.717) is 12.2 Å². The smallest absolute Gasteiger partial charge is 0.270 e. The van der Waals surface area contributed by atoms with E-state index in [4.69, 9.17) is 4.74 Å². The molecule has 1 amide bonds. The Bertz CT molecular complexity index is 535. The van der Waals surface area contributed by atoms with Crippen LogP contribution in [0.1, 0.15) is 28.8 Å². The summed E-state index contributed by atoms with van der Waals surface area (Å²) in [5, 5.41) is 0. The summed E-state index contributed by atoms with van der Waals surface area (Å²) in [5.41, 5.74) is 0.591. The van der Waals surface area contributed by atoms with Crippen LogP contribution in [0, 0.1) is 0 Å². The van der Waals surface area contributed by atoms with Gasteiger partial charge in [-0.2, -0.15) is 0 Å². The van der Waals surface area contributed by atoms with Crippen molar-refractivity contribution in [3.63, 3.8) is 0 Å². The van der Waals surface area contributed by atoms with Gasteiger partial charge in [-0.15, -0.1) is 0 Å². The predicted octanol–water partition coefficient (Wildman–Crippen LogP) is 1.34. The number of ether oxygens (including phenoxy) is 1. The number of aromatic amines is 2. The third-order valence-corrected chi connectivity index (χ3v) is 3.52. The van der Waals surface area contributed by atoms with E-state index in [-0.39, 0.29) is 18.1 Å². The number of amides is 1. The average Bonchev–Trinajstić information content (AvgIpc) is 3.16. The van der Waals surface area contributed by atoms with Crippen LogP contribution in [0.25, 0.3) is 0 Å². The third kappa shape index (κ3) is 2.15. The maximum Gasteiger partial charge on any atom is 0.270 e. The van der Waals surface area contributed by atoms with E-state index in [1.54, 1.807) is 36.7 Å². The molecule has 1 saturated heterocycles. The molecule has 2 aromatic heterocycles. The van der Waals surface area contributed by atoms with Crippen molar-refractivity contribution in [1.82, 2.24) is 19.9 Å². The molecule has 2 atom stereocenters. The van der Waals surface area contributed by atoms with Crippen LogP contribution in [0.4, 0.5) is 0 Å². The van der Waals surface area contributed by atoms with Crippen LogP contribution >= 0.6 is 0 Å². The largest absolute Gasteiger partial charge is 0.380 e. The quantitative estimate of drug-likeness (QED) is 0.874. The first-order valence-corrected chi connectivity index (χ1v) is 6.26. The van der Waals surface area contributed by atoms with E-state index in [0.717, 1.165) is 12.2 Å². The van der Waals surface area contributed by atoms with E-state index < -0.39 is 0 Å². The van der Waals surface area contributed by atoms with Crippen molar-refractivity contribution in [1.29, 1.82) is 0 Å². The van der Waals surface area contributed by atoms with Crippen molar-refractivity contribution in [2.45, 2.75) is 18.6 Å². The van der Waals surface area contributed by atoms with Crippen LogP contribution in [-0.4, -0.2) is 45.5 Å². The zero-order valence-corrected chi connectivity index (χ0v) is 10.7. The van der Waals surface area contributed by atoms with E-state index in [1.807, 2.05) is 6.07 Å². The molecule has 0 aliphatic carbocycles. The number of imidazole rings is 1. The Kier molecular flexibility index (Phi) is 3.08. The molecule has 1 aliphatic rings. The van der Waals surface area contributed by atoms with Gasteiger partial charge in [0.05, 0.1) is 12.1 Å². The lowest BCUT2D eigenvalue weighted by atomic mass is 10.2. The zero-order chi connectivity index (χ0) is 13.2. The maximum atomic E-state index is 12.5. The summed E-state index contributed by atoms with van der Waals surface area (Å²) in [6.07, 6.45) is 6.03. The fraction of sp³-hybridized carbons (Fsp3) is 0.385. The molecule has 19 heavy (non-hydrogen) atoms. The summed E-state index contributed by atoms with van der Waals surface area (Å²) < 4.78 is 5.39. The second kappa shape index (κ2) is 4.89. The molecule has 1 fully saturated rings. The van der Waals surface area contributed by atoms with Gasteiger partial charge in [-0.3, -0.25) is 4.79 Å². The highest BCUT2D eigenvalue weighted by Gasteiger charge is 2.38. The van der Waals surface area contributed by atoms with Crippen LogP contribution < -0.4 is 0 Å². The van der Waals surface area contributed by atoms with Crippen molar-refractivity contribution in [3.05, 3.63) is 42.2 Å². The molecule has 1 unspecified atom stereocenters. The SMILES string of the molecule is CO[C@@H]1CC(c2ncc[nH]2)N(C(=O)c2ccc[nH]2)C1. The van der Waals surface area contributed by atoms with Gasteiger partial charge in [0, 0.05) is 38.7 Å². The standard InChI is InChI=1S/C13H16N4O2/c1-19-9-7-11(12-15-5-6-16-12)17(8-9)13(18)10-3-2-4-14-10/h2-6,9,11,14H,7-8H2,1H3,(H,15,16)/t9-,11?/m1/s1. The topological polar surface area (TPSA) is 74.0 Å². The Morgan fingerprint density at radius 3 is 3.00 bits per heavy atom. The van der Waals surface area contributed by atoms with Crippen molar-refractivity contribution in [2.24, 2.45) is 0 Å². The molecule has 6 nitrogen and oxygen atoms in total. The first kappa shape index (κ1) is 12.0. The van der Waals surface area contributed by atoms with Gasteiger partial charge in [0.25, 0.3) is 5.91 Å². The number of nitrogens with zero attached hydrogens (tertiary/aromatic N) is 2. The normalized spacial score (nSPS) is 22.9. The number of hydrogen-bond donors (Lipinski definition) is 2. The Morgan fingerprint density at radius 1 is 1.47 bits per heavy atom. The van der Waals surface area contributed by atoms with Crippen molar-refractivity contribution in [3.8, 4) is 0 Å². The third-order valence-electron chi connectivity index (χ3n) is 3.52. The lowest BCUT2D eigenvalue weighted by Crippen LogP contribution is -2.32. The molecule has 0 bridgehead atoms. The molecule has 2 aromatic rings. The number of methoxy groups -OCH3 is 1. The summed E-state index contributed by atoms with van der Waals surface area (Å²) in [5.74, 6) is 0.783. The first-order chi connectivity index (χ1) is 9.29. The highest BCUT2D eigenvalue weighted by molar-refractivity contribution is 5.92. The zero-order valence-electron chi connectivity index (χ0n) is 10.7. The van der Waals surface area contributed by atoms with Gasteiger partial charge in [-0.05, 0) is 12.1 Å². The summed E-state index contributed by atoms with van der Waals surface area (Å²) in [6, 6.07) is 3.54. The molecule has 6 heteroatoms. The van der Waals surface area contributed by atoms with Crippen molar-refractivity contribution >= 4 is 5.91 Å². The van der Waals surface area contributed by atoms with Gasteiger partial charge in [0.1, 0.15) is 11.5 Å². The molecular formula is C13H16N4O2. The summed E-state index contributed by atoms with van der Waals surface area (Å²) in [7, 11) is 1.67. The molecule has 0 saturated carbocycles. The molecule has 0 spiro atoms. The monoisotopic (exact) mass is 260 g/mol. The average molecular weight is 260 g/mol. The molecule has 0 aromatic carbocycles. The summed E-state index contributed by atoms with van der Waals surface area (Å²) in [4.78, 5) is 24.6. The van der Waals surface area contributed by atoms with Gasteiger partial charge >= 0.3 is 0 Å². The van der Waals surface area contributed by atoms with Crippen molar-refractivity contribution in [2.75, 3.05) is 13.7 Å². The molecule has 3 rings (SSSR count). The predicted molar refractivity (Wildman–Crippen MR) is 68.6 cm³/mol. The fourth-order valence-electron chi connectivity index (χ4n) is 2.53. The van der Waals surface area contributed by atoms with E-state index in [2.05, 4.69) is 15.0 Å².